The zero-order chi connectivity index (χ0) is 13.5. The van der Waals surface area contributed by atoms with Gasteiger partial charge in [0.1, 0.15) is 5.76 Å². The van der Waals surface area contributed by atoms with Crippen LogP contribution >= 0.6 is 11.3 Å². The van der Waals surface area contributed by atoms with Crippen LogP contribution < -0.4 is 10.5 Å². The Morgan fingerprint density at radius 1 is 1.53 bits per heavy atom. The number of nitrogen functional groups attached to an aromatic ring is 1. The molecule has 0 aliphatic carbocycles. The standard InChI is InChI=1S/C10H10N4O3S2/c11-8-9(14-3-5-18-10(14)13-8)19(15,16)12-6-7-2-1-4-17-7/h1-5,12H,6,11H2. The first-order valence-electron chi connectivity index (χ1n) is 5.31. The number of thiazole rings is 1. The van der Waals surface area contributed by atoms with E-state index in [2.05, 4.69) is 9.71 Å². The van der Waals surface area contributed by atoms with Crippen molar-refractivity contribution < 1.29 is 12.8 Å². The van der Waals surface area contributed by atoms with E-state index >= 15 is 0 Å². The van der Waals surface area contributed by atoms with Gasteiger partial charge in [-0.2, -0.15) is 0 Å². The molecular weight excluding hydrogens is 288 g/mol. The van der Waals surface area contributed by atoms with Crippen molar-refractivity contribution in [3.8, 4) is 0 Å². The highest BCUT2D eigenvalue weighted by atomic mass is 32.2. The highest BCUT2D eigenvalue weighted by Crippen LogP contribution is 2.23. The van der Waals surface area contributed by atoms with Crippen molar-refractivity contribution in [1.82, 2.24) is 14.1 Å². The normalized spacial score (nSPS) is 12.2. The molecule has 0 radical (unpaired) electrons. The van der Waals surface area contributed by atoms with Crippen LogP contribution in [0, 0.1) is 0 Å². The molecule has 0 saturated heterocycles. The number of nitrogens with zero attached hydrogens (tertiary/aromatic N) is 2. The number of imidazole rings is 1. The summed E-state index contributed by atoms with van der Waals surface area (Å²) < 4.78 is 33.4. The highest BCUT2D eigenvalue weighted by Gasteiger charge is 2.24. The molecule has 0 aliphatic rings. The van der Waals surface area contributed by atoms with Crippen LogP contribution in [0.15, 0.2) is 39.4 Å². The lowest BCUT2D eigenvalue weighted by molar-refractivity contribution is 0.498. The fourth-order valence-corrected chi connectivity index (χ4v) is 3.67. The Balaban J connectivity index is 1.95. The van der Waals surface area contributed by atoms with Crippen molar-refractivity contribution in [2.24, 2.45) is 0 Å². The maximum absolute atomic E-state index is 12.2. The lowest BCUT2D eigenvalue weighted by atomic mass is 10.5. The third-order valence-corrected chi connectivity index (χ3v) is 4.71. The van der Waals surface area contributed by atoms with Crippen molar-refractivity contribution >= 4 is 32.1 Å². The summed E-state index contributed by atoms with van der Waals surface area (Å²) in [5.74, 6) is 0.506. The summed E-state index contributed by atoms with van der Waals surface area (Å²) in [7, 11) is -3.75. The zero-order valence-electron chi connectivity index (χ0n) is 9.61. The molecule has 19 heavy (non-hydrogen) atoms. The van der Waals surface area contributed by atoms with E-state index in [9.17, 15) is 8.42 Å². The van der Waals surface area contributed by atoms with E-state index in [0.717, 1.165) is 0 Å². The molecule has 3 aromatic heterocycles. The molecule has 3 N–H and O–H groups in total. The average molecular weight is 298 g/mol. The topological polar surface area (TPSA) is 103 Å². The summed E-state index contributed by atoms with van der Waals surface area (Å²) in [4.78, 5) is 4.54. The van der Waals surface area contributed by atoms with E-state index < -0.39 is 10.0 Å². The lowest BCUT2D eigenvalue weighted by Gasteiger charge is -2.04. The van der Waals surface area contributed by atoms with Crippen LogP contribution in [0.2, 0.25) is 0 Å². The Morgan fingerprint density at radius 2 is 2.37 bits per heavy atom. The summed E-state index contributed by atoms with van der Waals surface area (Å²) in [6.45, 7) is 0.0617. The van der Waals surface area contributed by atoms with Gasteiger partial charge in [-0.15, -0.1) is 11.3 Å². The molecule has 100 valence electrons. The van der Waals surface area contributed by atoms with E-state index in [0.29, 0.717) is 10.7 Å². The number of hydrogen-bond donors (Lipinski definition) is 2. The summed E-state index contributed by atoms with van der Waals surface area (Å²) in [5.41, 5.74) is 5.66. The van der Waals surface area contributed by atoms with Gasteiger partial charge in [-0.3, -0.25) is 4.40 Å². The van der Waals surface area contributed by atoms with Gasteiger partial charge in [0.25, 0.3) is 10.0 Å². The van der Waals surface area contributed by atoms with Crippen LogP contribution in [0.3, 0.4) is 0 Å². The second kappa shape index (κ2) is 4.37. The fourth-order valence-electron chi connectivity index (χ4n) is 1.70. The Bertz CT molecular complexity index is 801. The van der Waals surface area contributed by atoms with Crippen molar-refractivity contribution in [2.75, 3.05) is 5.73 Å². The van der Waals surface area contributed by atoms with Gasteiger partial charge in [0.2, 0.25) is 0 Å². The predicted octanol–water partition coefficient (Wildman–Crippen LogP) is 1.05. The molecule has 0 aromatic carbocycles. The van der Waals surface area contributed by atoms with Crippen molar-refractivity contribution in [3.05, 3.63) is 35.7 Å². The molecule has 3 heterocycles. The first kappa shape index (κ1) is 12.2. The van der Waals surface area contributed by atoms with Gasteiger partial charge in [0, 0.05) is 11.6 Å². The van der Waals surface area contributed by atoms with Crippen LogP contribution in [-0.2, 0) is 16.6 Å². The van der Waals surface area contributed by atoms with Gasteiger partial charge in [0.15, 0.2) is 15.8 Å². The predicted molar refractivity (Wildman–Crippen MR) is 70.2 cm³/mol. The Kier molecular flexibility index (Phi) is 2.81. The van der Waals surface area contributed by atoms with E-state index in [-0.39, 0.29) is 17.4 Å². The van der Waals surface area contributed by atoms with Crippen LogP contribution in [0.4, 0.5) is 5.82 Å². The van der Waals surface area contributed by atoms with Crippen LogP contribution in [0.1, 0.15) is 5.76 Å². The Labute approximate surface area is 112 Å². The Hall–Kier alpha value is -1.84. The summed E-state index contributed by atoms with van der Waals surface area (Å²) in [6, 6.07) is 3.37. The molecule has 0 amide bonds. The van der Waals surface area contributed by atoms with Crippen LogP contribution in [0.5, 0.6) is 0 Å². The van der Waals surface area contributed by atoms with Crippen LogP contribution in [0.25, 0.3) is 4.96 Å². The number of fused-ring (bicyclic) bond motifs is 1. The van der Waals surface area contributed by atoms with Gasteiger partial charge in [-0.1, -0.05) is 0 Å². The third kappa shape index (κ3) is 2.11. The molecule has 0 spiro atoms. The summed E-state index contributed by atoms with van der Waals surface area (Å²) >= 11 is 1.32. The van der Waals surface area contributed by atoms with Gasteiger partial charge >= 0.3 is 0 Å². The van der Waals surface area contributed by atoms with Crippen molar-refractivity contribution in [3.63, 3.8) is 0 Å². The SMILES string of the molecule is Nc1nc2sccn2c1S(=O)(=O)NCc1ccco1. The summed E-state index contributed by atoms with van der Waals surface area (Å²) in [6.07, 6.45) is 3.10. The smallest absolute Gasteiger partial charge is 0.260 e. The summed E-state index contributed by atoms with van der Waals surface area (Å²) in [5, 5.41) is 1.70. The maximum Gasteiger partial charge on any atom is 0.260 e. The highest BCUT2D eigenvalue weighted by molar-refractivity contribution is 7.89. The van der Waals surface area contributed by atoms with E-state index in [1.807, 2.05) is 0 Å². The largest absolute Gasteiger partial charge is 0.468 e. The first-order valence-corrected chi connectivity index (χ1v) is 7.67. The van der Waals surface area contributed by atoms with Crippen molar-refractivity contribution in [1.29, 1.82) is 0 Å². The number of rotatable bonds is 4. The number of sulfonamides is 1. The zero-order valence-corrected chi connectivity index (χ0v) is 11.2. The minimum atomic E-state index is -3.75. The van der Waals surface area contributed by atoms with Gasteiger partial charge in [-0.25, -0.2) is 18.1 Å². The number of hydrogen-bond acceptors (Lipinski definition) is 6. The molecule has 0 atom stereocenters. The van der Waals surface area contributed by atoms with Crippen molar-refractivity contribution in [2.45, 2.75) is 11.6 Å². The molecule has 3 aromatic rings. The number of nitrogens with one attached hydrogen (secondary N) is 1. The molecule has 0 fully saturated rings. The quantitative estimate of drug-likeness (QED) is 0.749. The molecule has 0 unspecified atom stereocenters. The average Bonchev–Trinajstić information content (AvgIpc) is 3.01. The molecular formula is C10H10N4O3S2. The minimum absolute atomic E-state index is 0.0150. The number of nitrogens with two attached hydrogens (primary N) is 1. The molecule has 0 aliphatic heterocycles. The molecule has 9 heteroatoms. The minimum Gasteiger partial charge on any atom is -0.468 e. The van der Waals surface area contributed by atoms with Gasteiger partial charge < -0.3 is 10.2 Å². The van der Waals surface area contributed by atoms with E-state index in [1.54, 1.807) is 23.7 Å². The molecule has 0 bridgehead atoms. The lowest BCUT2D eigenvalue weighted by Crippen LogP contribution is -2.25. The fraction of sp³-hybridized carbons (Fsp3) is 0.100. The van der Waals surface area contributed by atoms with Gasteiger partial charge in [0.05, 0.1) is 12.8 Å². The number of furan rings is 1. The van der Waals surface area contributed by atoms with E-state index in [1.165, 1.54) is 22.0 Å². The van der Waals surface area contributed by atoms with Gasteiger partial charge in [-0.05, 0) is 12.1 Å². The molecule has 7 nitrogen and oxygen atoms in total. The monoisotopic (exact) mass is 298 g/mol. The second-order valence-corrected chi connectivity index (χ2v) is 6.32. The molecule has 0 saturated carbocycles. The third-order valence-electron chi connectivity index (χ3n) is 2.51. The Morgan fingerprint density at radius 3 is 3.11 bits per heavy atom. The maximum atomic E-state index is 12.2. The molecule has 3 rings (SSSR count). The van der Waals surface area contributed by atoms with Crippen LogP contribution in [-0.4, -0.2) is 17.8 Å². The van der Waals surface area contributed by atoms with E-state index in [4.69, 9.17) is 10.2 Å². The number of aromatic nitrogens is 2. The second-order valence-electron chi connectivity index (χ2n) is 3.76. The first-order chi connectivity index (χ1) is 9.08. The number of anilines is 1.